The van der Waals surface area contributed by atoms with Crippen molar-refractivity contribution in [2.24, 2.45) is 0 Å². The van der Waals surface area contributed by atoms with E-state index in [1.807, 2.05) is 0 Å². The van der Waals surface area contributed by atoms with Gasteiger partial charge in [-0.05, 0) is 23.6 Å². The Kier molecular flexibility index (Phi) is 5.16. The molecule has 0 saturated heterocycles. The van der Waals surface area contributed by atoms with Gasteiger partial charge in [0.2, 0.25) is 0 Å². The first kappa shape index (κ1) is 19.0. The Hall–Kier alpha value is -3.97. The minimum absolute atomic E-state index is 1.02. The van der Waals surface area contributed by atoms with E-state index in [0.717, 1.165) is 22.5 Å². The first-order valence-electron chi connectivity index (χ1n) is 10.6. The summed E-state index contributed by atoms with van der Waals surface area (Å²) in [7, 11) is 0. The van der Waals surface area contributed by atoms with Gasteiger partial charge in [0.25, 0.3) is 0 Å². The molecule has 5 rings (SSSR count). The lowest BCUT2D eigenvalue weighted by atomic mass is 9.87. The Morgan fingerprint density at radius 2 is 0.677 bits per heavy atom. The molecule has 0 radical (unpaired) electrons. The van der Waals surface area contributed by atoms with Crippen LogP contribution < -0.4 is 0 Å². The number of pyridine rings is 1. The van der Waals surface area contributed by atoms with E-state index in [2.05, 4.69) is 128 Å². The first-order valence-corrected chi connectivity index (χ1v) is 10.6. The van der Waals surface area contributed by atoms with Crippen LogP contribution in [0.4, 0.5) is 0 Å². The Morgan fingerprint density at radius 1 is 0.387 bits per heavy atom. The van der Waals surface area contributed by atoms with Gasteiger partial charge in [-0.25, -0.2) is 4.98 Å². The number of hydrogen-bond donors (Lipinski definition) is 0. The minimum atomic E-state index is 1.02. The fourth-order valence-electron chi connectivity index (χ4n) is 4.23. The van der Waals surface area contributed by atoms with Gasteiger partial charge in [0.05, 0.1) is 11.4 Å². The summed E-state index contributed by atoms with van der Waals surface area (Å²) in [6.45, 7) is 2.23. The van der Waals surface area contributed by atoms with Crippen LogP contribution >= 0.6 is 0 Å². The molecule has 0 unspecified atom stereocenters. The van der Waals surface area contributed by atoms with Crippen molar-refractivity contribution in [2.45, 2.75) is 6.92 Å². The van der Waals surface area contributed by atoms with Crippen molar-refractivity contribution in [3.8, 4) is 44.8 Å². The average molecular weight is 398 g/mol. The summed E-state index contributed by atoms with van der Waals surface area (Å²) in [5.41, 5.74) is 10.3. The molecule has 5 aromatic rings. The fourth-order valence-corrected chi connectivity index (χ4v) is 4.23. The molecular formula is C30H23N. The fraction of sp³-hybridized carbons (Fsp3) is 0.0333. The van der Waals surface area contributed by atoms with Crippen LogP contribution in [-0.2, 0) is 0 Å². The van der Waals surface area contributed by atoms with Crippen molar-refractivity contribution in [2.75, 3.05) is 0 Å². The molecule has 0 aliphatic carbocycles. The zero-order chi connectivity index (χ0) is 21.0. The van der Waals surface area contributed by atoms with Gasteiger partial charge >= 0.3 is 0 Å². The van der Waals surface area contributed by atoms with Crippen molar-refractivity contribution in [1.82, 2.24) is 4.98 Å². The molecule has 0 fully saturated rings. The Bertz CT molecular complexity index is 1190. The average Bonchev–Trinajstić information content (AvgIpc) is 2.85. The molecule has 0 spiro atoms. The maximum Gasteiger partial charge on any atom is 0.0790 e. The molecule has 1 aromatic heterocycles. The Labute approximate surface area is 183 Å². The lowest BCUT2D eigenvalue weighted by Crippen LogP contribution is -2.00. The molecule has 1 heteroatoms. The smallest absolute Gasteiger partial charge is 0.0790 e. The van der Waals surface area contributed by atoms with E-state index in [-0.39, 0.29) is 0 Å². The molecule has 31 heavy (non-hydrogen) atoms. The molecule has 0 aliphatic rings. The summed E-state index contributed by atoms with van der Waals surface area (Å²) >= 11 is 0. The van der Waals surface area contributed by atoms with Gasteiger partial charge in [-0.3, -0.25) is 0 Å². The van der Waals surface area contributed by atoms with Gasteiger partial charge in [-0.15, -0.1) is 0 Å². The highest BCUT2D eigenvalue weighted by atomic mass is 14.7. The molecule has 148 valence electrons. The summed E-state index contributed by atoms with van der Waals surface area (Å²) in [6.07, 6.45) is 0. The van der Waals surface area contributed by atoms with E-state index >= 15 is 0 Å². The normalized spacial score (nSPS) is 10.7. The van der Waals surface area contributed by atoms with E-state index in [1.54, 1.807) is 0 Å². The molecule has 1 heterocycles. The van der Waals surface area contributed by atoms with E-state index in [0.29, 0.717) is 0 Å². The number of hydrogen-bond acceptors (Lipinski definition) is 1. The van der Waals surface area contributed by atoms with E-state index in [1.165, 1.54) is 27.8 Å². The molecular weight excluding hydrogens is 374 g/mol. The maximum atomic E-state index is 5.33. The number of nitrogens with zero attached hydrogens (tertiary/aromatic N) is 1. The SMILES string of the molecule is Cc1c(-c2ccccc2)c(-c2ccccc2)nc(-c2ccccc2)c1-c1ccccc1. The minimum Gasteiger partial charge on any atom is -0.246 e. The van der Waals surface area contributed by atoms with Crippen LogP contribution in [-0.4, -0.2) is 4.98 Å². The molecule has 0 saturated carbocycles. The second-order valence-corrected chi connectivity index (χ2v) is 7.65. The topological polar surface area (TPSA) is 12.9 Å². The van der Waals surface area contributed by atoms with Gasteiger partial charge in [0.1, 0.15) is 0 Å². The third-order valence-electron chi connectivity index (χ3n) is 5.67. The van der Waals surface area contributed by atoms with Crippen molar-refractivity contribution >= 4 is 0 Å². The molecule has 0 N–H and O–H groups in total. The Morgan fingerprint density at radius 3 is 1.00 bits per heavy atom. The molecule has 0 bridgehead atoms. The maximum absolute atomic E-state index is 5.33. The monoisotopic (exact) mass is 397 g/mol. The van der Waals surface area contributed by atoms with Crippen molar-refractivity contribution < 1.29 is 0 Å². The van der Waals surface area contributed by atoms with Crippen LogP contribution in [0.2, 0.25) is 0 Å². The summed E-state index contributed by atoms with van der Waals surface area (Å²) in [5.74, 6) is 0. The van der Waals surface area contributed by atoms with Crippen LogP contribution in [0.1, 0.15) is 5.56 Å². The van der Waals surface area contributed by atoms with E-state index < -0.39 is 0 Å². The predicted octanol–water partition coefficient (Wildman–Crippen LogP) is 8.06. The Balaban J connectivity index is 1.91. The third-order valence-corrected chi connectivity index (χ3v) is 5.67. The van der Waals surface area contributed by atoms with Crippen molar-refractivity contribution in [3.63, 3.8) is 0 Å². The number of aromatic nitrogens is 1. The molecule has 0 atom stereocenters. The standard InChI is InChI=1S/C30H23N/c1-22-27(23-14-6-2-7-15-23)29(25-18-10-4-11-19-25)31-30(26-20-12-5-13-21-26)28(22)24-16-8-3-9-17-24/h2-21H,1H3. The van der Waals surface area contributed by atoms with E-state index in [9.17, 15) is 0 Å². The third kappa shape index (κ3) is 3.67. The zero-order valence-electron chi connectivity index (χ0n) is 17.5. The number of rotatable bonds is 4. The lowest BCUT2D eigenvalue weighted by Gasteiger charge is -2.21. The van der Waals surface area contributed by atoms with Crippen LogP contribution in [0.25, 0.3) is 44.8 Å². The second-order valence-electron chi connectivity index (χ2n) is 7.65. The van der Waals surface area contributed by atoms with Gasteiger partial charge in [-0.2, -0.15) is 0 Å². The molecule has 4 aromatic carbocycles. The second kappa shape index (κ2) is 8.41. The molecule has 1 nitrogen and oxygen atoms in total. The quantitative estimate of drug-likeness (QED) is 0.299. The summed E-state index contributed by atoms with van der Waals surface area (Å²) in [5, 5.41) is 0. The van der Waals surface area contributed by atoms with Gasteiger partial charge in [-0.1, -0.05) is 121 Å². The van der Waals surface area contributed by atoms with Gasteiger partial charge < -0.3 is 0 Å². The zero-order valence-corrected chi connectivity index (χ0v) is 17.5. The van der Waals surface area contributed by atoms with Gasteiger partial charge in [0.15, 0.2) is 0 Å². The first-order chi connectivity index (χ1) is 15.3. The lowest BCUT2D eigenvalue weighted by molar-refractivity contribution is 1.28. The van der Waals surface area contributed by atoms with Crippen LogP contribution in [0.15, 0.2) is 121 Å². The summed E-state index contributed by atoms with van der Waals surface area (Å²) in [4.78, 5) is 5.33. The largest absolute Gasteiger partial charge is 0.246 e. The van der Waals surface area contributed by atoms with Crippen molar-refractivity contribution in [1.29, 1.82) is 0 Å². The van der Waals surface area contributed by atoms with Crippen LogP contribution in [0.3, 0.4) is 0 Å². The van der Waals surface area contributed by atoms with Crippen LogP contribution in [0.5, 0.6) is 0 Å². The molecule has 0 amide bonds. The highest BCUT2D eigenvalue weighted by Gasteiger charge is 2.21. The predicted molar refractivity (Wildman–Crippen MR) is 131 cm³/mol. The van der Waals surface area contributed by atoms with E-state index in [4.69, 9.17) is 4.98 Å². The highest BCUT2D eigenvalue weighted by Crippen LogP contribution is 2.43. The van der Waals surface area contributed by atoms with Crippen LogP contribution in [0, 0.1) is 6.92 Å². The van der Waals surface area contributed by atoms with Gasteiger partial charge in [0, 0.05) is 22.3 Å². The molecule has 0 aliphatic heterocycles. The highest BCUT2D eigenvalue weighted by molar-refractivity contribution is 5.94. The summed E-state index contributed by atoms with van der Waals surface area (Å²) in [6, 6.07) is 42.2. The van der Waals surface area contributed by atoms with Crippen molar-refractivity contribution in [3.05, 3.63) is 127 Å². The number of benzene rings is 4. The summed E-state index contributed by atoms with van der Waals surface area (Å²) < 4.78 is 0.